The minimum absolute atomic E-state index is 0.155. The van der Waals surface area contributed by atoms with Crippen molar-refractivity contribution in [3.63, 3.8) is 0 Å². The summed E-state index contributed by atoms with van der Waals surface area (Å²) in [5.74, 6) is -0.494. The third kappa shape index (κ3) is 3.67. The minimum atomic E-state index is -0.538. The van der Waals surface area contributed by atoms with Crippen molar-refractivity contribution < 1.29 is 14.0 Å². The predicted molar refractivity (Wildman–Crippen MR) is 106 cm³/mol. The monoisotopic (exact) mass is 376 g/mol. The molecule has 1 aliphatic heterocycles. The van der Waals surface area contributed by atoms with Crippen LogP contribution in [-0.4, -0.2) is 24.4 Å². The average molecular weight is 376 g/mol. The first-order chi connectivity index (χ1) is 13.6. The van der Waals surface area contributed by atoms with E-state index in [1.807, 2.05) is 12.1 Å². The van der Waals surface area contributed by atoms with Crippen LogP contribution in [0.4, 0.5) is 0 Å². The number of amides is 2. The molecule has 0 radical (unpaired) electrons. The number of hydrogen-bond acceptors (Lipinski definition) is 4. The molecule has 1 fully saturated rings. The van der Waals surface area contributed by atoms with E-state index in [4.69, 9.17) is 4.42 Å². The Kier molecular flexibility index (Phi) is 4.93. The smallest absolute Gasteiger partial charge is 0.344 e. The van der Waals surface area contributed by atoms with E-state index in [-0.39, 0.29) is 11.8 Å². The quantitative estimate of drug-likeness (QED) is 0.688. The fourth-order valence-corrected chi connectivity index (χ4v) is 3.41. The summed E-state index contributed by atoms with van der Waals surface area (Å²) < 4.78 is 5.39. The van der Waals surface area contributed by atoms with Crippen LogP contribution in [0.1, 0.15) is 29.6 Å². The van der Waals surface area contributed by atoms with Crippen LogP contribution in [0.2, 0.25) is 0 Å². The molecule has 28 heavy (non-hydrogen) atoms. The van der Waals surface area contributed by atoms with Gasteiger partial charge in [-0.3, -0.25) is 9.59 Å². The van der Waals surface area contributed by atoms with Crippen LogP contribution in [0.15, 0.2) is 63.8 Å². The van der Waals surface area contributed by atoms with Gasteiger partial charge in [0.1, 0.15) is 11.6 Å². The molecular weight excluding hydrogens is 356 g/mol. The summed E-state index contributed by atoms with van der Waals surface area (Å²) in [6.45, 7) is 0.637. The predicted octanol–water partition coefficient (Wildman–Crippen LogP) is 2.86. The number of nitrogens with one attached hydrogen (secondary N) is 2. The van der Waals surface area contributed by atoms with Crippen molar-refractivity contribution in [2.75, 3.05) is 6.54 Å². The number of para-hydroxylation sites is 1. The number of carbonyl (C=O) groups is 2. The summed E-state index contributed by atoms with van der Waals surface area (Å²) in [6.07, 6.45) is 2.40. The van der Waals surface area contributed by atoms with Gasteiger partial charge in [0.25, 0.3) is 5.91 Å². The van der Waals surface area contributed by atoms with Crippen molar-refractivity contribution in [3.05, 3.63) is 70.6 Å². The Balaban J connectivity index is 1.63. The molecule has 0 saturated carbocycles. The molecule has 3 aromatic rings. The first-order valence-corrected chi connectivity index (χ1v) is 9.34. The number of benzene rings is 2. The van der Waals surface area contributed by atoms with Crippen LogP contribution in [0.25, 0.3) is 22.1 Å². The molecule has 0 aliphatic carbocycles. The summed E-state index contributed by atoms with van der Waals surface area (Å²) in [7, 11) is 0. The van der Waals surface area contributed by atoms with Crippen molar-refractivity contribution in [3.8, 4) is 11.1 Å². The number of rotatable bonds is 3. The molecule has 0 bridgehead atoms. The van der Waals surface area contributed by atoms with Gasteiger partial charge in [0, 0.05) is 17.5 Å². The van der Waals surface area contributed by atoms with Crippen molar-refractivity contribution in [1.29, 1.82) is 0 Å². The van der Waals surface area contributed by atoms with E-state index in [9.17, 15) is 14.4 Å². The zero-order valence-corrected chi connectivity index (χ0v) is 15.2. The van der Waals surface area contributed by atoms with Crippen LogP contribution in [0.5, 0.6) is 0 Å². The average Bonchev–Trinajstić information content (AvgIpc) is 2.91. The number of fused-ring (bicyclic) bond motifs is 1. The third-order valence-corrected chi connectivity index (χ3v) is 4.92. The molecule has 2 heterocycles. The van der Waals surface area contributed by atoms with Gasteiger partial charge in [0.05, 0.1) is 5.56 Å². The molecule has 142 valence electrons. The van der Waals surface area contributed by atoms with Crippen molar-refractivity contribution in [2.24, 2.45) is 0 Å². The molecule has 0 spiro atoms. The lowest BCUT2D eigenvalue weighted by molar-refractivity contribution is -0.122. The van der Waals surface area contributed by atoms with Gasteiger partial charge in [-0.2, -0.15) is 0 Å². The highest BCUT2D eigenvalue weighted by Gasteiger charge is 2.23. The summed E-state index contributed by atoms with van der Waals surface area (Å²) in [5.41, 5.74) is 1.43. The van der Waals surface area contributed by atoms with Gasteiger partial charge in [-0.1, -0.05) is 30.3 Å². The normalized spacial score (nSPS) is 17.0. The van der Waals surface area contributed by atoms with E-state index in [1.165, 1.54) is 0 Å². The van der Waals surface area contributed by atoms with Crippen molar-refractivity contribution in [1.82, 2.24) is 10.6 Å². The highest BCUT2D eigenvalue weighted by atomic mass is 16.4. The Bertz CT molecular complexity index is 1100. The van der Waals surface area contributed by atoms with E-state index in [1.54, 1.807) is 42.5 Å². The number of hydrogen-bond donors (Lipinski definition) is 2. The van der Waals surface area contributed by atoms with Gasteiger partial charge < -0.3 is 15.1 Å². The van der Waals surface area contributed by atoms with E-state index in [0.29, 0.717) is 35.2 Å². The van der Waals surface area contributed by atoms with Crippen LogP contribution in [0, 0.1) is 0 Å². The summed E-state index contributed by atoms with van der Waals surface area (Å²) in [4.78, 5) is 37.1. The molecule has 6 heteroatoms. The molecule has 2 aromatic carbocycles. The molecule has 2 amide bonds. The van der Waals surface area contributed by atoms with Crippen molar-refractivity contribution in [2.45, 2.75) is 25.3 Å². The Labute approximate surface area is 161 Å². The maximum atomic E-state index is 12.7. The fraction of sp³-hybridized carbons (Fsp3) is 0.227. The van der Waals surface area contributed by atoms with Gasteiger partial charge in [-0.05, 0) is 49.1 Å². The minimum Gasteiger partial charge on any atom is -0.422 e. The second kappa shape index (κ2) is 7.68. The highest BCUT2D eigenvalue weighted by molar-refractivity contribution is 5.98. The second-order valence-electron chi connectivity index (χ2n) is 6.88. The first-order valence-electron chi connectivity index (χ1n) is 9.34. The Hall–Kier alpha value is -3.41. The van der Waals surface area contributed by atoms with E-state index in [2.05, 4.69) is 10.6 Å². The van der Waals surface area contributed by atoms with Crippen LogP contribution in [-0.2, 0) is 4.79 Å². The lowest BCUT2D eigenvalue weighted by atomic mass is 10.0. The molecule has 1 atom stereocenters. The highest BCUT2D eigenvalue weighted by Crippen LogP contribution is 2.22. The molecule has 1 saturated heterocycles. The van der Waals surface area contributed by atoms with E-state index >= 15 is 0 Å². The fourth-order valence-electron chi connectivity index (χ4n) is 3.41. The van der Waals surface area contributed by atoms with Gasteiger partial charge in [0.2, 0.25) is 5.91 Å². The second-order valence-corrected chi connectivity index (χ2v) is 6.88. The van der Waals surface area contributed by atoms with Gasteiger partial charge in [0.15, 0.2) is 0 Å². The zero-order valence-electron chi connectivity index (χ0n) is 15.2. The molecule has 6 nitrogen and oxygen atoms in total. The van der Waals surface area contributed by atoms with E-state index < -0.39 is 11.7 Å². The Morgan fingerprint density at radius 3 is 2.79 bits per heavy atom. The maximum absolute atomic E-state index is 12.7. The topological polar surface area (TPSA) is 88.4 Å². The van der Waals surface area contributed by atoms with Crippen LogP contribution in [0.3, 0.4) is 0 Å². The van der Waals surface area contributed by atoms with Crippen LogP contribution < -0.4 is 16.3 Å². The zero-order chi connectivity index (χ0) is 19.5. The first kappa shape index (κ1) is 18.0. The molecule has 4 rings (SSSR count). The molecule has 2 N–H and O–H groups in total. The summed E-state index contributed by atoms with van der Waals surface area (Å²) in [5, 5.41) is 6.41. The molecule has 1 unspecified atom stereocenters. The lowest BCUT2D eigenvalue weighted by Crippen LogP contribution is -2.45. The summed E-state index contributed by atoms with van der Waals surface area (Å²) in [6, 6.07) is 15.3. The Morgan fingerprint density at radius 2 is 1.89 bits per heavy atom. The summed E-state index contributed by atoms with van der Waals surface area (Å²) >= 11 is 0. The molecular formula is C22H20N2O4. The maximum Gasteiger partial charge on any atom is 0.344 e. The molecule has 1 aliphatic rings. The molecule has 1 aromatic heterocycles. The van der Waals surface area contributed by atoms with E-state index in [0.717, 1.165) is 18.2 Å². The SMILES string of the molecule is O=C(NC1CCCCNC1=O)c1cccc(-c2cc3ccccc3oc2=O)c1. The van der Waals surface area contributed by atoms with Crippen molar-refractivity contribution >= 4 is 22.8 Å². The van der Waals surface area contributed by atoms with Gasteiger partial charge in [-0.25, -0.2) is 4.79 Å². The third-order valence-electron chi connectivity index (χ3n) is 4.92. The Morgan fingerprint density at radius 1 is 1.04 bits per heavy atom. The number of carbonyl (C=O) groups excluding carboxylic acids is 2. The standard InChI is InChI=1S/C22H20N2O4/c25-20(24-18-9-3-4-11-23-21(18)26)16-8-5-7-14(12-16)17-13-15-6-1-2-10-19(15)28-22(17)27/h1-2,5-8,10,12-13,18H,3-4,9,11H2,(H,23,26)(H,24,25). The van der Waals surface area contributed by atoms with Crippen LogP contribution >= 0.6 is 0 Å². The van der Waals surface area contributed by atoms with Gasteiger partial charge in [-0.15, -0.1) is 0 Å². The lowest BCUT2D eigenvalue weighted by Gasteiger charge is -2.15. The van der Waals surface area contributed by atoms with Gasteiger partial charge >= 0.3 is 5.63 Å². The largest absolute Gasteiger partial charge is 0.422 e.